The highest BCUT2D eigenvalue weighted by atomic mass is 16.1. The summed E-state index contributed by atoms with van der Waals surface area (Å²) in [5.74, 6) is 0.682. The second-order valence-corrected chi connectivity index (χ2v) is 5.41. The van der Waals surface area contributed by atoms with Crippen LogP contribution >= 0.6 is 0 Å². The molecular weight excluding hydrogens is 260 g/mol. The summed E-state index contributed by atoms with van der Waals surface area (Å²) in [6.07, 6.45) is 1.26. The number of aryl methyl sites for hydroxylation is 3. The summed E-state index contributed by atoms with van der Waals surface area (Å²) in [5, 5.41) is 2.95. The second kappa shape index (κ2) is 5.52. The quantitative estimate of drug-likeness (QED) is 0.853. The van der Waals surface area contributed by atoms with Crippen LogP contribution in [-0.4, -0.2) is 11.7 Å². The Morgan fingerprint density at radius 2 is 1.67 bits per heavy atom. The lowest BCUT2D eigenvalue weighted by Gasteiger charge is -2.11. The fourth-order valence-electron chi connectivity index (χ4n) is 2.66. The molecule has 0 aromatic heterocycles. The van der Waals surface area contributed by atoms with Gasteiger partial charge < -0.3 is 5.32 Å². The molecule has 0 fully saturated rings. The van der Waals surface area contributed by atoms with Gasteiger partial charge in [0.15, 0.2) is 0 Å². The van der Waals surface area contributed by atoms with Gasteiger partial charge >= 0.3 is 0 Å². The van der Waals surface area contributed by atoms with Crippen molar-refractivity contribution < 1.29 is 4.79 Å². The standard InChI is InChI=1S/C18H18N2O/c1-12-6-5-7-13(2)17(12)20-18-15-9-4-3-8-14(15)10-11-16(21)19-18/h3-9H,10-11H2,1-2H3,(H,19,20,21). The minimum Gasteiger partial charge on any atom is -0.310 e. The van der Waals surface area contributed by atoms with Crippen LogP contribution in [0.25, 0.3) is 0 Å². The molecule has 0 saturated carbocycles. The molecule has 2 aromatic rings. The first kappa shape index (κ1) is 13.6. The SMILES string of the molecule is Cc1cccc(C)c1N=C1NC(=O)CCc2ccccc21. The molecule has 0 bridgehead atoms. The van der Waals surface area contributed by atoms with E-state index in [0.717, 1.165) is 28.8 Å². The second-order valence-electron chi connectivity index (χ2n) is 5.41. The third-order valence-corrected chi connectivity index (χ3v) is 3.81. The molecule has 1 N–H and O–H groups in total. The van der Waals surface area contributed by atoms with Gasteiger partial charge in [-0.2, -0.15) is 0 Å². The average molecular weight is 278 g/mol. The van der Waals surface area contributed by atoms with E-state index in [-0.39, 0.29) is 5.91 Å². The van der Waals surface area contributed by atoms with Crippen LogP contribution in [-0.2, 0) is 11.2 Å². The lowest BCUT2D eigenvalue weighted by Crippen LogP contribution is -2.29. The summed E-state index contributed by atoms with van der Waals surface area (Å²) in [6.45, 7) is 4.08. The molecule has 1 aliphatic rings. The van der Waals surface area contributed by atoms with Crippen molar-refractivity contribution in [3.8, 4) is 0 Å². The summed E-state index contributed by atoms with van der Waals surface area (Å²) < 4.78 is 0. The zero-order valence-electron chi connectivity index (χ0n) is 12.3. The summed E-state index contributed by atoms with van der Waals surface area (Å²) in [7, 11) is 0. The molecule has 1 heterocycles. The molecule has 0 aliphatic carbocycles. The van der Waals surface area contributed by atoms with Crippen molar-refractivity contribution in [2.45, 2.75) is 26.7 Å². The van der Waals surface area contributed by atoms with Crippen molar-refractivity contribution in [2.75, 3.05) is 0 Å². The van der Waals surface area contributed by atoms with Crippen LogP contribution < -0.4 is 5.32 Å². The van der Waals surface area contributed by atoms with E-state index >= 15 is 0 Å². The number of nitrogens with one attached hydrogen (secondary N) is 1. The topological polar surface area (TPSA) is 41.5 Å². The number of para-hydroxylation sites is 1. The van der Waals surface area contributed by atoms with Gasteiger partial charge in [-0.25, -0.2) is 4.99 Å². The molecule has 21 heavy (non-hydrogen) atoms. The molecule has 0 unspecified atom stereocenters. The number of benzene rings is 2. The number of carbonyl (C=O) groups is 1. The van der Waals surface area contributed by atoms with Crippen molar-refractivity contribution >= 4 is 17.4 Å². The molecule has 106 valence electrons. The number of hydrogen-bond acceptors (Lipinski definition) is 2. The average Bonchev–Trinajstić information content (AvgIpc) is 2.63. The molecule has 1 amide bonds. The van der Waals surface area contributed by atoms with Crippen LogP contribution in [0.15, 0.2) is 47.5 Å². The van der Waals surface area contributed by atoms with Gasteiger partial charge in [-0.05, 0) is 37.0 Å². The third-order valence-electron chi connectivity index (χ3n) is 3.81. The number of rotatable bonds is 1. The molecule has 0 saturated heterocycles. The lowest BCUT2D eigenvalue weighted by atomic mass is 10.0. The van der Waals surface area contributed by atoms with E-state index in [2.05, 4.69) is 11.4 Å². The van der Waals surface area contributed by atoms with Crippen molar-refractivity contribution in [1.82, 2.24) is 5.32 Å². The normalized spacial score (nSPS) is 16.3. The maximum atomic E-state index is 11.9. The fraction of sp³-hybridized carbons (Fsp3) is 0.222. The molecule has 1 aliphatic heterocycles. The first-order chi connectivity index (χ1) is 10.1. The van der Waals surface area contributed by atoms with Gasteiger partial charge in [-0.1, -0.05) is 42.5 Å². The largest absolute Gasteiger partial charge is 0.310 e. The van der Waals surface area contributed by atoms with Crippen molar-refractivity contribution in [2.24, 2.45) is 4.99 Å². The molecular formula is C18H18N2O. The predicted octanol–water partition coefficient (Wildman–Crippen LogP) is 3.44. The minimum atomic E-state index is 0.0242. The van der Waals surface area contributed by atoms with E-state index < -0.39 is 0 Å². The lowest BCUT2D eigenvalue weighted by molar-refractivity contribution is -0.119. The van der Waals surface area contributed by atoms with E-state index in [9.17, 15) is 4.79 Å². The first-order valence-corrected chi connectivity index (χ1v) is 7.18. The summed E-state index contributed by atoms with van der Waals surface area (Å²) in [5.41, 5.74) is 5.34. The van der Waals surface area contributed by atoms with E-state index in [0.29, 0.717) is 12.3 Å². The summed E-state index contributed by atoms with van der Waals surface area (Å²) >= 11 is 0. The van der Waals surface area contributed by atoms with Crippen molar-refractivity contribution in [3.05, 3.63) is 64.7 Å². The van der Waals surface area contributed by atoms with Gasteiger partial charge in [-0.3, -0.25) is 4.79 Å². The zero-order chi connectivity index (χ0) is 14.8. The summed E-state index contributed by atoms with van der Waals surface area (Å²) in [6, 6.07) is 14.2. The molecule has 0 atom stereocenters. The number of aliphatic imine (C=N–C) groups is 1. The molecule has 3 nitrogen and oxygen atoms in total. The van der Waals surface area contributed by atoms with E-state index in [1.165, 1.54) is 5.56 Å². The zero-order valence-corrected chi connectivity index (χ0v) is 12.3. The fourth-order valence-corrected chi connectivity index (χ4v) is 2.66. The highest BCUT2D eigenvalue weighted by molar-refractivity contribution is 6.11. The van der Waals surface area contributed by atoms with Crippen LogP contribution in [0.4, 0.5) is 5.69 Å². The Morgan fingerprint density at radius 3 is 2.43 bits per heavy atom. The maximum Gasteiger partial charge on any atom is 0.225 e. The Bertz CT molecular complexity index is 711. The number of hydrogen-bond donors (Lipinski definition) is 1. The van der Waals surface area contributed by atoms with Gasteiger partial charge in [0.05, 0.1) is 5.69 Å². The smallest absolute Gasteiger partial charge is 0.225 e. The number of amides is 1. The Balaban J connectivity index is 2.16. The number of carbonyl (C=O) groups excluding carboxylic acids is 1. The Hall–Kier alpha value is -2.42. The van der Waals surface area contributed by atoms with E-state index in [1.54, 1.807) is 0 Å². The highest BCUT2D eigenvalue weighted by Crippen LogP contribution is 2.25. The molecule has 0 radical (unpaired) electrons. The molecule has 3 heteroatoms. The monoisotopic (exact) mass is 278 g/mol. The first-order valence-electron chi connectivity index (χ1n) is 7.18. The predicted molar refractivity (Wildman–Crippen MR) is 85.0 cm³/mol. The molecule has 2 aromatic carbocycles. The van der Waals surface area contributed by atoms with Crippen LogP contribution in [0.1, 0.15) is 28.7 Å². The van der Waals surface area contributed by atoms with Crippen LogP contribution in [0.5, 0.6) is 0 Å². The van der Waals surface area contributed by atoms with Gasteiger partial charge in [0.1, 0.15) is 5.84 Å². The third kappa shape index (κ3) is 2.72. The highest BCUT2D eigenvalue weighted by Gasteiger charge is 2.18. The van der Waals surface area contributed by atoms with Crippen LogP contribution in [0.3, 0.4) is 0 Å². The molecule has 0 spiro atoms. The van der Waals surface area contributed by atoms with Gasteiger partial charge in [0.2, 0.25) is 5.91 Å². The molecule has 3 rings (SSSR count). The number of amidine groups is 1. The number of fused-ring (bicyclic) bond motifs is 1. The maximum absolute atomic E-state index is 11.9. The summed E-state index contributed by atoms with van der Waals surface area (Å²) in [4.78, 5) is 16.7. The van der Waals surface area contributed by atoms with Gasteiger partial charge in [0, 0.05) is 12.0 Å². The van der Waals surface area contributed by atoms with Crippen LogP contribution in [0, 0.1) is 13.8 Å². The van der Waals surface area contributed by atoms with Crippen LogP contribution in [0.2, 0.25) is 0 Å². The van der Waals surface area contributed by atoms with Crippen molar-refractivity contribution in [1.29, 1.82) is 0 Å². The minimum absolute atomic E-state index is 0.0242. The van der Waals surface area contributed by atoms with Crippen molar-refractivity contribution in [3.63, 3.8) is 0 Å². The Kier molecular flexibility index (Phi) is 3.57. The van der Waals surface area contributed by atoms with E-state index in [1.807, 2.05) is 50.2 Å². The Morgan fingerprint density at radius 1 is 0.952 bits per heavy atom. The Labute approximate surface area is 124 Å². The van der Waals surface area contributed by atoms with Gasteiger partial charge in [0.25, 0.3) is 0 Å². The van der Waals surface area contributed by atoms with Gasteiger partial charge in [-0.15, -0.1) is 0 Å². The number of nitrogens with zero attached hydrogens (tertiary/aromatic N) is 1. The van der Waals surface area contributed by atoms with E-state index in [4.69, 9.17) is 4.99 Å².